The average molecular weight is 268 g/mol. The van der Waals surface area contributed by atoms with Gasteiger partial charge in [0.05, 0.1) is 29.0 Å². The zero-order chi connectivity index (χ0) is 12.7. The Balaban J connectivity index is 1.84. The second-order valence-electron chi connectivity index (χ2n) is 5.25. The van der Waals surface area contributed by atoms with Crippen LogP contribution in [-0.4, -0.2) is 30.4 Å². The zero-order valence-electron chi connectivity index (χ0n) is 10.5. The van der Waals surface area contributed by atoms with E-state index >= 15 is 0 Å². The van der Waals surface area contributed by atoms with E-state index in [1.54, 1.807) is 6.92 Å². The molecule has 0 amide bonds. The van der Waals surface area contributed by atoms with Gasteiger partial charge in [-0.15, -0.1) is 0 Å². The van der Waals surface area contributed by atoms with Gasteiger partial charge in [0, 0.05) is 13.1 Å². The van der Waals surface area contributed by atoms with Crippen LogP contribution >= 0.6 is 11.6 Å². The molecule has 0 radical (unpaired) electrons. The first-order valence-corrected chi connectivity index (χ1v) is 6.89. The molecule has 2 aliphatic rings. The highest BCUT2D eigenvalue weighted by molar-refractivity contribution is 6.33. The third-order valence-corrected chi connectivity index (χ3v) is 4.14. The number of rotatable bonds is 2. The Hall–Kier alpha value is -0.770. The van der Waals surface area contributed by atoms with Crippen LogP contribution in [0.25, 0.3) is 0 Å². The number of fused-ring (bicyclic) bond motifs is 2. The Morgan fingerprint density at radius 2 is 2.00 bits per heavy atom. The van der Waals surface area contributed by atoms with Crippen molar-refractivity contribution < 1.29 is 9.84 Å². The Labute approximate surface area is 112 Å². The molecule has 18 heavy (non-hydrogen) atoms. The molecule has 1 aromatic carbocycles. The van der Waals surface area contributed by atoms with E-state index in [0.717, 1.165) is 42.2 Å². The Morgan fingerprint density at radius 1 is 1.33 bits per heavy atom. The van der Waals surface area contributed by atoms with Gasteiger partial charge in [-0.05, 0) is 37.5 Å². The minimum absolute atomic E-state index is 0.358. The number of aliphatic hydroxyl groups excluding tert-OH is 1. The summed E-state index contributed by atoms with van der Waals surface area (Å²) in [6.45, 7) is 3.59. The fourth-order valence-electron chi connectivity index (χ4n) is 2.85. The maximum atomic E-state index is 9.55. The summed E-state index contributed by atoms with van der Waals surface area (Å²) in [4.78, 5) is 2.31. The Kier molecular flexibility index (Phi) is 3.22. The summed E-state index contributed by atoms with van der Waals surface area (Å²) < 4.78 is 5.83. The first-order chi connectivity index (χ1) is 8.63. The van der Waals surface area contributed by atoms with Crippen LogP contribution < -0.4 is 4.90 Å². The number of morpholine rings is 1. The van der Waals surface area contributed by atoms with Crippen LogP contribution in [0.4, 0.5) is 5.69 Å². The van der Waals surface area contributed by atoms with Crippen molar-refractivity contribution in [2.75, 3.05) is 18.0 Å². The molecular weight excluding hydrogens is 250 g/mol. The standard InChI is InChI=1S/C14H18ClNO2/c1-9(17)10-2-5-14(13(15)6-10)16-7-11-3-4-12(8-16)18-11/h2,5-6,9,11-12,17H,3-4,7-8H2,1H3. The lowest BCUT2D eigenvalue weighted by Crippen LogP contribution is -2.42. The van der Waals surface area contributed by atoms with Crippen LogP contribution in [-0.2, 0) is 4.74 Å². The van der Waals surface area contributed by atoms with Crippen molar-refractivity contribution in [2.45, 2.75) is 38.1 Å². The molecule has 2 aliphatic heterocycles. The topological polar surface area (TPSA) is 32.7 Å². The van der Waals surface area contributed by atoms with E-state index in [0.29, 0.717) is 12.2 Å². The molecule has 1 N–H and O–H groups in total. The Bertz CT molecular complexity index is 437. The third kappa shape index (κ3) is 2.22. The molecule has 3 unspecified atom stereocenters. The molecule has 2 saturated heterocycles. The summed E-state index contributed by atoms with van der Waals surface area (Å²) in [7, 11) is 0. The predicted molar refractivity (Wildman–Crippen MR) is 72.2 cm³/mol. The van der Waals surface area contributed by atoms with E-state index in [4.69, 9.17) is 16.3 Å². The van der Waals surface area contributed by atoms with Crippen molar-refractivity contribution in [3.05, 3.63) is 28.8 Å². The van der Waals surface area contributed by atoms with Gasteiger partial charge >= 0.3 is 0 Å². The minimum atomic E-state index is -0.475. The first-order valence-electron chi connectivity index (χ1n) is 6.51. The van der Waals surface area contributed by atoms with E-state index < -0.39 is 6.10 Å². The fourth-order valence-corrected chi connectivity index (χ4v) is 3.16. The van der Waals surface area contributed by atoms with Crippen LogP contribution in [0.15, 0.2) is 18.2 Å². The van der Waals surface area contributed by atoms with Crippen molar-refractivity contribution in [1.82, 2.24) is 0 Å². The molecule has 4 heteroatoms. The van der Waals surface area contributed by atoms with E-state index in [-0.39, 0.29) is 0 Å². The van der Waals surface area contributed by atoms with E-state index in [1.807, 2.05) is 18.2 Å². The van der Waals surface area contributed by atoms with Crippen LogP contribution in [0.3, 0.4) is 0 Å². The maximum absolute atomic E-state index is 9.55. The van der Waals surface area contributed by atoms with Crippen LogP contribution in [0.5, 0.6) is 0 Å². The minimum Gasteiger partial charge on any atom is -0.389 e. The quantitative estimate of drug-likeness (QED) is 0.894. The number of aliphatic hydroxyl groups is 1. The highest BCUT2D eigenvalue weighted by Gasteiger charge is 2.34. The number of nitrogens with zero attached hydrogens (tertiary/aromatic N) is 1. The van der Waals surface area contributed by atoms with Gasteiger partial charge in [-0.25, -0.2) is 0 Å². The highest BCUT2D eigenvalue weighted by atomic mass is 35.5. The van der Waals surface area contributed by atoms with Gasteiger partial charge in [0.25, 0.3) is 0 Å². The lowest BCUT2D eigenvalue weighted by Gasteiger charge is -2.34. The average Bonchev–Trinajstić information content (AvgIpc) is 2.68. The first kappa shape index (κ1) is 12.3. The third-order valence-electron chi connectivity index (χ3n) is 3.84. The van der Waals surface area contributed by atoms with Crippen molar-refractivity contribution in [1.29, 1.82) is 0 Å². The number of halogens is 1. The summed E-state index contributed by atoms with van der Waals surface area (Å²) in [5.74, 6) is 0. The fraction of sp³-hybridized carbons (Fsp3) is 0.571. The van der Waals surface area contributed by atoms with E-state index in [2.05, 4.69) is 4.90 Å². The number of anilines is 1. The molecule has 3 atom stereocenters. The predicted octanol–water partition coefficient (Wildman–Crippen LogP) is 2.76. The summed E-state index contributed by atoms with van der Waals surface area (Å²) in [6.07, 6.45) is 2.56. The van der Waals surface area contributed by atoms with Gasteiger partial charge in [0.15, 0.2) is 0 Å². The summed E-state index contributed by atoms with van der Waals surface area (Å²) in [5.41, 5.74) is 1.92. The molecule has 2 bridgehead atoms. The van der Waals surface area contributed by atoms with Gasteiger partial charge in [0.1, 0.15) is 0 Å². The molecular formula is C14H18ClNO2. The Morgan fingerprint density at radius 3 is 2.56 bits per heavy atom. The van der Waals surface area contributed by atoms with Crippen molar-refractivity contribution in [3.63, 3.8) is 0 Å². The van der Waals surface area contributed by atoms with Crippen LogP contribution in [0.1, 0.15) is 31.4 Å². The smallest absolute Gasteiger partial charge is 0.0762 e. The number of benzene rings is 1. The second kappa shape index (κ2) is 4.72. The van der Waals surface area contributed by atoms with Gasteiger partial charge < -0.3 is 14.7 Å². The molecule has 98 valence electrons. The molecule has 3 nitrogen and oxygen atoms in total. The molecule has 2 fully saturated rings. The lowest BCUT2D eigenvalue weighted by atomic mass is 10.1. The second-order valence-corrected chi connectivity index (χ2v) is 5.66. The van der Waals surface area contributed by atoms with Crippen LogP contribution in [0.2, 0.25) is 5.02 Å². The monoisotopic (exact) mass is 267 g/mol. The lowest BCUT2D eigenvalue weighted by molar-refractivity contribution is 0.0305. The summed E-state index contributed by atoms with van der Waals surface area (Å²) in [5, 5.41) is 10.3. The van der Waals surface area contributed by atoms with E-state index in [1.165, 1.54) is 0 Å². The largest absolute Gasteiger partial charge is 0.389 e. The number of hydrogen-bond acceptors (Lipinski definition) is 3. The SMILES string of the molecule is CC(O)c1ccc(N2CC3CCC(C2)O3)c(Cl)c1. The highest BCUT2D eigenvalue weighted by Crippen LogP contribution is 2.34. The van der Waals surface area contributed by atoms with Crippen LogP contribution in [0, 0.1) is 0 Å². The molecule has 3 rings (SSSR count). The number of ether oxygens (including phenoxy) is 1. The summed E-state index contributed by atoms with van der Waals surface area (Å²) in [6, 6.07) is 5.82. The normalized spacial score (nSPS) is 28.5. The van der Waals surface area contributed by atoms with Gasteiger partial charge in [-0.2, -0.15) is 0 Å². The van der Waals surface area contributed by atoms with Gasteiger partial charge in [-0.3, -0.25) is 0 Å². The van der Waals surface area contributed by atoms with Crippen molar-refractivity contribution in [2.24, 2.45) is 0 Å². The molecule has 0 saturated carbocycles. The van der Waals surface area contributed by atoms with Gasteiger partial charge in [-0.1, -0.05) is 17.7 Å². The van der Waals surface area contributed by atoms with E-state index in [9.17, 15) is 5.11 Å². The van der Waals surface area contributed by atoms with Crippen molar-refractivity contribution >= 4 is 17.3 Å². The summed E-state index contributed by atoms with van der Waals surface area (Å²) >= 11 is 6.33. The molecule has 1 aromatic rings. The maximum Gasteiger partial charge on any atom is 0.0762 e. The number of hydrogen-bond donors (Lipinski definition) is 1. The van der Waals surface area contributed by atoms with Crippen molar-refractivity contribution in [3.8, 4) is 0 Å². The molecule has 0 aliphatic carbocycles. The molecule has 0 aromatic heterocycles. The molecule has 2 heterocycles. The van der Waals surface area contributed by atoms with Gasteiger partial charge in [0.2, 0.25) is 0 Å². The zero-order valence-corrected chi connectivity index (χ0v) is 11.2. The molecule has 0 spiro atoms.